The highest BCUT2D eigenvalue weighted by atomic mass is 15.3. The SMILES string of the molecule is Cc1nn(-c2ccccc2)c(C)c1CNCC1(C)CCC1. The van der Waals surface area contributed by atoms with E-state index in [0.29, 0.717) is 5.41 Å². The third kappa shape index (κ3) is 2.88. The summed E-state index contributed by atoms with van der Waals surface area (Å²) >= 11 is 0. The van der Waals surface area contributed by atoms with E-state index in [1.807, 2.05) is 6.07 Å². The second-order valence-electron chi connectivity index (χ2n) is 6.66. The van der Waals surface area contributed by atoms with Gasteiger partial charge in [0.25, 0.3) is 0 Å². The summed E-state index contributed by atoms with van der Waals surface area (Å²) in [7, 11) is 0. The normalized spacial score (nSPS) is 16.7. The Balaban J connectivity index is 1.72. The molecule has 1 heterocycles. The van der Waals surface area contributed by atoms with Gasteiger partial charge in [-0.25, -0.2) is 4.68 Å². The molecule has 0 radical (unpaired) electrons. The van der Waals surface area contributed by atoms with Crippen LogP contribution in [-0.4, -0.2) is 16.3 Å². The first kappa shape index (κ1) is 14.3. The second-order valence-corrected chi connectivity index (χ2v) is 6.66. The van der Waals surface area contributed by atoms with Crippen LogP contribution < -0.4 is 5.32 Å². The van der Waals surface area contributed by atoms with Crippen molar-refractivity contribution in [2.24, 2.45) is 5.41 Å². The molecule has 3 rings (SSSR count). The minimum Gasteiger partial charge on any atom is -0.312 e. The topological polar surface area (TPSA) is 29.9 Å². The summed E-state index contributed by atoms with van der Waals surface area (Å²) in [5, 5.41) is 8.34. The fraction of sp³-hybridized carbons (Fsp3) is 0.500. The van der Waals surface area contributed by atoms with Gasteiger partial charge in [0.1, 0.15) is 0 Å². The quantitative estimate of drug-likeness (QED) is 0.905. The van der Waals surface area contributed by atoms with Gasteiger partial charge < -0.3 is 5.32 Å². The standard InChI is InChI=1S/C18H25N3/c1-14-17(12-19-13-18(3)10-7-11-18)15(2)21(20-14)16-8-5-4-6-9-16/h4-6,8-9,19H,7,10-13H2,1-3H3. The lowest BCUT2D eigenvalue weighted by Crippen LogP contribution is -2.37. The Bertz CT molecular complexity index is 609. The van der Waals surface area contributed by atoms with Crippen LogP contribution in [0.25, 0.3) is 5.69 Å². The van der Waals surface area contributed by atoms with Crippen LogP contribution in [0.1, 0.15) is 43.1 Å². The van der Waals surface area contributed by atoms with E-state index in [0.717, 1.165) is 24.5 Å². The van der Waals surface area contributed by atoms with Gasteiger partial charge >= 0.3 is 0 Å². The van der Waals surface area contributed by atoms with Gasteiger partial charge in [-0.3, -0.25) is 0 Å². The summed E-state index contributed by atoms with van der Waals surface area (Å²) in [6.45, 7) is 8.68. The lowest BCUT2D eigenvalue weighted by Gasteiger charge is -2.38. The largest absolute Gasteiger partial charge is 0.312 e. The number of benzene rings is 1. The maximum atomic E-state index is 4.71. The van der Waals surface area contributed by atoms with Crippen LogP contribution in [0.5, 0.6) is 0 Å². The predicted octanol–water partition coefficient (Wildman–Crippen LogP) is 3.77. The maximum Gasteiger partial charge on any atom is 0.0648 e. The lowest BCUT2D eigenvalue weighted by molar-refractivity contribution is 0.156. The maximum absolute atomic E-state index is 4.71. The fourth-order valence-electron chi connectivity index (χ4n) is 3.20. The van der Waals surface area contributed by atoms with Crippen LogP contribution >= 0.6 is 0 Å². The van der Waals surface area contributed by atoms with Gasteiger partial charge in [-0.15, -0.1) is 0 Å². The molecule has 0 atom stereocenters. The Kier molecular flexibility index (Phi) is 3.85. The molecule has 1 aromatic heterocycles. The van der Waals surface area contributed by atoms with Crippen molar-refractivity contribution in [3.63, 3.8) is 0 Å². The summed E-state index contributed by atoms with van der Waals surface area (Å²) in [6, 6.07) is 10.4. The molecule has 1 aromatic carbocycles. The molecule has 112 valence electrons. The molecule has 0 saturated heterocycles. The molecule has 0 unspecified atom stereocenters. The summed E-state index contributed by atoms with van der Waals surface area (Å²) in [4.78, 5) is 0. The molecular formula is C18H25N3. The number of hydrogen-bond donors (Lipinski definition) is 1. The fourth-order valence-corrected chi connectivity index (χ4v) is 3.20. The van der Waals surface area contributed by atoms with E-state index in [4.69, 9.17) is 5.10 Å². The van der Waals surface area contributed by atoms with Crippen LogP contribution in [0.3, 0.4) is 0 Å². The first-order valence-corrected chi connectivity index (χ1v) is 7.90. The third-order valence-electron chi connectivity index (χ3n) is 4.86. The van der Waals surface area contributed by atoms with Crippen molar-refractivity contribution in [3.8, 4) is 5.69 Å². The zero-order chi connectivity index (χ0) is 14.9. The predicted molar refractivity (Wildman–Crippen MR) is 86.7 cm³/mol. The van der Waals surface area contributed by atoms with Crippen molar-refractivity contribution in [3.05, 3.63) is 47.3 Å². The Morgan fingerprint density at radius 1 is 1.19 bits per heavy atom. The van der Waals surface area contributed by atoms with Gasteiger partial charge in [0, 0.05) is 24.3 Å². The highest BCUT2D eigenvalue weighted by Gasteiger charge is 2.31. The van der Waals surface area contributed by atoms with Crippen LogP contribution in [0.15, 0.2) is 30.3 Å². The Morgan fingerprint density at radius 2 is 1.90 bits per heavy atom. The molecule has 3 nitrogen and oxygen atoms in total. The van der Waals surface area contributed by atoms with Crippen molar-refractivity contribution < 1.29 is 0 Å². The molecule has 0 amide bonds. The van der Waals surface area contributed by atoms with Crippen molar-refractivity contribution in [1.82, 2.24) is 15.1 Å². The van der Waals surface area contributed by atoms with Crippen molar-refractivity contribution >= 4 is 0 Å². The number of rotatable bonds is 5. The first-order chi connectivity index (χ1) is 10.1. The second kappa shape index (κ2) is 5.64. The van der Waals surface area contributed by atoms with Crippen LogP contribution in [0.2, 0.25) is 0 Å². The molecule has 0 bridgehead atoms. The number of nitrogens with zero attached hydrogens (tertiary/aromatic N) is 2. The van der Waals surface area contributed by atoms with Crippen molar-refractivity contribution in [2.45, 2.75) is 46.6 Å². The Morgan fingerprint density at radius 3 is 2.52 bits per heavy atom. The van der Waals surface area contributed by atoms with E-state index in [1.165, 1.54) is 30.5 Å². The lowest BCUT2D eigenvalue weighted by atomic mass is 9.70. The third-order valence-corrected chi connectivity index (χ3v) is 4.86. The average Bonchev–Trinajstić information content (AvgIpc) is 2.74. The van der Waals surface area contributed by atoms with Gasteiger partial charge in [-0.2, -0.15) is 5.10 Å². The molecule has 1 aliphatic carbocycles. The molecule has 1 aliphatic rings. The zero-order valence-corrected chi connectivity index (χ0v) is 13.3. The zero-order valence-electron chi connectivity index (χ0n) is 13.3. The molecule has 21 heavy (non-hydrogen) atoms. The molecule has 0 aliphatic heterocycles. The Hall–Kier alpha value is -1.61. The van der Waals surface area contributed by atoms with E-state index in [2.05, 4.69) is 55.0 Å². The smallest absolute Gasteiger partial charge is 0.0648 e. The Labute approximate surface area is 127 Å². The van der Waals surface area contributed by atoms with Gasteiger partial charge in [0.2, 0.25) is 0 Å². The summed E-state index contributed by atoms with van der Waals surface area (Å²) < 4.78 is 2.05. The average molecular weight is 283 g/mol. The molecule has 3 heteroatoms. The molecule has 1 saturated carbocycles. The van der Waals surface area contributed by atoms with E-state index < -0.39 is 0 Å². The molecule has 0 spiro atoms. The molecule has 1 N–H and O–H groups in total. The van der Waals surface area contributed by atoms with Crippen LogP contribution in [0, 0.1) is 19.3 Å². The van der Waals surface area contributed by atoms with E-state index >= 15 is 0 Å². The van der Waals surface area contributed by atoms with E-state index in [9.17, 15) is 0 Å². The monoisotopic (exact) mass is 283 g/mol. The van der Waals surface area contributed by atoms with Crippen molar-refractivity contribution in [1.29, 1.82) is 0 Å². The van der Waals surface area contributed by atoms with Crippen LogP contribution in [0.4, 0.5) is 0 Å². The minimum absolute atomic E-state index is 0.525. The number of aromatic nitrogens is 2. The number of aryl methyl sites for hydroxylation is 1. The molecule has 2 aromatic rings. The van der Waals surface area contributed by atoms with Crippen LogP contribution in [-0.2, 0) is 6.54 Å². The first-order valence-electron chi connectivity index (χ1n) is 7.90. The number of hydrogen-bond acceptors (Lipinski definition) is 2. The highest BCUT2D eigenvalue weighted by Crippen LogP contribution is 2.39. The van der Waals surface area contributed by atoms with E-state index in [1.54, 1.807) is 0 Å². The number of nitrogens with one attached hydrogen (secondary N) is 1. The van der Waals surface area contributed by atoms with Gasteiger partial charge in [0.05, 0.1) is 11.4 Å². The van der Waals surface area contributed by atoms with E-state index in [-0.39, 0.29) is 0 Å². The van der Waals surface area contributed by atoms with Gasteiger partial charge in [-0.05, 0) is 44.2 Å². The van der Waals surface area contributed by atoms with Crippen molar-refractivity contribution in [2.75, 3.05) is 6.54 Å². The highest BCUT2D eigenvalue weighted by molar-refractivity contribution is 5.36. The summed E-state index contributed by atoms with van der Waals surface area (Å²) in [6.07, 6.45) is 4.12. The summed E-state index contributed by atoms with van der Waals surface area (Å²) in [5.74, 6) is 0. The summed E-state index contributed by atoms with van der Waals surface area (Å²) in [5.41, 5.74) is 5.36. The van der Waals surface area contributed by atoms with Gasteiger partial charge in [0.15, 0.2) is 0 Å². The minimum atomic E-state index is 0.525. The molecular weight excluding hydrogens is 258 g/mol. The molecule has 1 fully saturated rings. The number of para-hydroxylation sites is 1. The van der Waals surface area contributed by atoms with Gasteiger partial charge in [-0.1, -0.05) is 31.5 Å².